The van der Waals surface area contributed by atoms with E-state index in [0.29, 0.717) is 6.54 Å². The average Bonchev–Trinajstić information content (AvgIpc) is 2.58. The van der Waals surface area contributed by atoms with E-state index in [1.807, 2.05) is 6.92 Å². The van der Waals surface area contributed by atoms with E-state index in [4.69, 9.17) is 4.74 Å². The second-order valence-corrected chi connectivity index (χ2v) is 8.03. The van der Waals surface area contributed by atoms with Crippen LogP contribution in [0.25, 0.3) is 0 Å². The number of ether oxygens (including phenoxy) is 1. The molecule has 0 bridgehead atoms. The van der Waals surface area contributed by atoms with Crippen molar-refractivity contribution in [3.63, 3.8) is 0 Å². The Labute approximate surface area is 142 Å². The molecule has 1 aliphatic heterocycles. The molecule has 6 nitrogen and oxygen atoms in total. The number of hydrogen-bond acceptors (Lipinski definition) is 5. The van der Waals surface area contributed by atoms with Crippen LogP contribution in [0.15, 0.2) is 29.2 Å². The molecule has 0 aromatic heterocycles. The van der Waals surface area contributed by atoms with E-state index in [0.717, 1.165) is 31.9 Å². The Morgan fingerprint density at radius 1 is 1.21 bits per heavy atom. The molecule has 1 aromatic rings. The van der Waals surface area contributed by atoms with Crippen molar-refractivity contribution in [1.29, 1.82) is 0 Å². The fraction of sp³-hybridized carbons (Fsp3) is 0.529. The van der Waals surface area contributed by atoms with Gasteiger partial charge in [-0.05, 0) is 49.9 Å². The van der Waals surface area contributed by atoms with Gasteiger partial charge in [0.05, 0.1) is 10.5 Å². The Balaban J connectivity index is 1.94. The molecular weight excluding hydrogens is 330 g/mol. The van der Waals surface area contributed by atoms with Gasteiger partial charge in [-0.2, -0.15) is 0 Å². The van der Waals surface area contributed by atoms with Crippen LogP contribution in [0.3, 0.4) is 0 Å². The van der Waals surface area contributed by atoms with Crippen LogP contribution in [0.4, 0.5) is 0 Å². The van der Waals surface area contributed by atoms with Crippen molar-refractivity contribution in [2.45, 2.75) is 43.5 Å². The van der Waals surface area contributed by atoms with Gasteiger partial charge in [-0.3, -0.25) is 4.79 Å². The first kappa shape index (κ1) is 18.4. The smallest absolute Gasteiger partial charge is 0.338 e. The molecule has 1 atom stereocenters. The monoisotopic (exact) mass is 353 g/mol. The topological polar surface area (TPSA) is 80.8 Å². The lowest BCUT2D eigenvalue weighted by atomic mass is 10.00. The first-order valence-electron chi connectivity index (χ1n) is 8.09. The highest BCUT2D eigenvalue weighted by Gasteiger charge is 2.26. The molecule has 0 saturated carbocycles. The third-order valence-electron chi connectivity index (χ3n) is 4.26. The van der Waals surface area contributed by atoms with E-state index in [1.54, 1.807) is 4.90 Å². The number of benzene rings is 1. The predicted molar refractivity (Wildman–Crippen MR) is 89.5 cm³/mol. The van der Waals surface area contributed by atoms with Crippen LogP contribution in [0.1, 0.15) is 43.0 Å². The molecule has 24 heavy (non-hydrogen) atoms. The van der Waals surface area contributed by atoms with Crippen molar-refractivity contribution in [3.05, 3.63) is 29.8 Å². The third-order valence-corrected chi connectivity index (χ3v) is 5.39. The number of amides is 1. The van der Waals surface area contributed by atoms with Crippen molar-refractivity contribution < 1.29 is 22.7 Å². The molecule has 1 saturated heterocycles. The molecule has 0 N–H and O–H groups in total. The van der Waals surface area contributed by atoms with Crippen molar-refractivity contribution in [1.82, 2.24) is 4.90 Å². The summed E-state index contributed by atoms with van der Waals surface area (Å²) in [5.74, 6) is -0.809. The lowest BCUT2D eigenvalue weighted by molar-refractivity contribution is -0.138. The number of sulfone groups is 1. The second-order valence-electron chi connectivity index (χ2n) is 6.02. The first-order chi connectivity index (χ1) is 11.3. The van der Waals surface area contributed by atoms with Crippen LogP contribution in [-0.2, 0) is 19.4 Å². The molecule has 1 amide bonds. The number of carbonyl (C=O) groups is 2. The SMILES string of the molecule is CCC1CCCCN1C(=O)COC(=O)c1ccc(S(C)(=O)=O)cc1. The van der Waals surface area contributed by atoms with Crippen molar-refractivity contribution >= 4 is 21.7 Å². The molecule has 132 valence electrons. The van der Waals surface area contributed by atoms with E-state index in [9.17, 15) is 18.0 Å². The number of esters is 1. The number of carbonyl (C=O) groups excluding carboxylic acids is 2. The zero-order valence-corrected chi connectivity index (χ0v) is 14.8. The van der Waals surface area contributed by atoms with Crippen LogP contribution >= 0.6 is 0 Å². The van der Waals surface area contributed by atoms with Crippen LogP contribution < -0.4 is 0 Å². The summed E-state index contributed by atoms with van der Waals surface area (Å²) >= 11 is 0. The number of piperidine rings is 1. The molecule has 7 heteroatoms. The highest BCUT2D eigenvalue weighted by atomic mass is 32.2. The summed E-state index contributed by atoms with van der Waals surface area (Å²) < 4.78 is 27.9. The van der Waals surface area contributed by atoms with E-state index in [-0.39, 0.29) is 29.0 Å². The van der Waals surface area contributed by atoms with Gasteiger partial charge >= 0.3 is 5.97 Å². The number of nitrogens with zero attached hydrogens (tertiary/aromatic N) is 1. The van der Waals surface area contributed by atoms with Crippen molar-refractivity contribution in [3.8, 4) is 0 Å². The van der Waals surface area contributed by atoms with Gasteiger partial charge in [-0.25, -0.2) is 13.2 Å². The highest BCUT2D eigenvalue weighted by molar-refractivity contribution is 7.90. The van der Waals surface area contributed by atoms with Gasteiger partial charge in [0, 0.05) is 18.8 Å². The van der Waals surface area contributed by atoms with Gasteiger partial charge in [0.15, 0.2) is 16.4 Å². The summed E-state index contributed by atoms with van der Waals surface area (Å²) in [5.41, 5.74) is 0.223. The number of rotatable bonds is 5. The van der Waals surface area contributed by atoms with E-state index in [2.05, 4.69) is 0 Å². The lowest BCUT2D eigenvalue weighted by Crippen LogP contribution is -2.45. The minimum absolute atomic E-state index is 0.134. The molecule has 1 fully saturated rings. The minimum atomic E-state index is -3.31. The van der Waals surface area contributed by atoms with Crippen LogP contribution in [-0.4, -0.2) is 50.6 Å². The Kier molecular flexibility index (Phi) is 5.99. The van der Waals surface area contributed by atoms with Gasteiger partial charge in [-0.15, -0.1) is 0 Å². The van der Waals surface area contributed by atoms with Crippen LogP contribution in [0.5, 0.6) is 0 Å². The normalized spacial score (nSPS) is 18.2. The summed E-state index contributed by atoms with van der Waals surface area (Å²) in [6, 6.07) is 5.70. The average molecular weight is 353 g/mol. The Bertz CT molecular complexity index is 696. The lowest BCUT2D eigenvalue weighted by Gasteiger charge is -2.35. The van der Waals surface area contributed by atoms with Crippen LogP contribution in [0, 0.1) is 0 Å². The van der Waals surface area contributed by atoms with Gasteiger partial charge in [0.2, 0.25) is 0 Å². The molecule has 1 unspecified atom stereocenters. The fourth-order valence-corrected chi connectivity index (χ4v) is 3.52. The van der Waals surface area contributed by atoms with Crippen LogP contribution in [0.2, 0.25) is 0 Å². The van der Waals surface area contributed by atoms with E-state index in [1.165, 1.54) is 24.3 Å². The summed E-state index contributed by atoms with van der Waals surface area (Å²) in [7, 11) is -3.31. The predicted octanol–water partition coefficient (Wildman–Crippen LogP) is 2.04. The van der Waals surface area contributed by atoms with Gasteiger partial charge in [0.1, 0.15) is 0 Å². The standard InChI is InChI=1S/C17H23NO5S/c1-3-14-6-4-5-11-18(14)16(19)12-23-17(20)13-7-9-15(10-8-13)24(2,21)22/h7-10,14H,3-6,11-12H2,1-2H3. The maximum absolute atomic E-state index is 12.3. The van der Waals surface area contributed by atoms with Crippen molar-refractivity contribution in [2.75, 3.05) is 19.4 Å². The maximum atomic E-state index is 12.3. The zero-order chi connectivity index (χ0) is 17.7. The molecule has 2 rings (SSSR count). The molecule has 0 spiro atoms. The summed E-state index contributed by atoms with van der Waals surface area (Å²) in [4.78, 5) is 26.2. The molecule has 0 aliphatic carbocycles. The molecule has 1 aliphatic rings. The molecular formula is C17H23NO5S. The van der Waals surface area contributed by atoms with Crippen molar-refractivity contribution in [2.24, 2.45) is 0 Å². The summed E-state index contributed by atoms with van der Waals surface area (Å²) in [5, 5.41) is 0. The first-order valence-corrected chi connectivity index (χ1v) is 9.98. The van der Waals surface area contributed by atoms with Gasteiger partial charge in [0.25, 0.3) is 5.91 Å². The Morgan fingerprint density at radius 3 is 2.46 bits per heavy atom. The van der Waals surface area contributed by atoms with E-state index >= 15 is 0 Å². The highest BCUT2D eigenvalue weighted by Crippen LogP contribution is 2.19. The minimum Gasteiger partial charge on any atom is -0.452 e. The molecule has 0 radical (unpaired) electrons. The summed E-state index contributed by atoms with van der Waals surface area (Å²) in [6.07, 6.45) is 5.08. The Hall–Kier alpha value is -1.89. The molecule has 1 aromatic carbocycles. The quantitative estimate of drug-likeness (QED) is 0.757. The number of likely N-dealkylation sites (tertiary alicyclic amines) is 1. The summed E-state index contributed by atoms with van der Waals surface area (Å²) in [6.45, 7) is 2.46. The molecule has 1 heterocycles. The van der Waals surface area contributed by atoms with Gasteiger partial charge in [-0.1, -0.05) is 6.92 Å². The fourth-order valence-electron chi connectivity index (χ4n) is 2.89. The third kappa shape index (κ3) is 4.56. The largest absolute Gasteiger partial charge is 0.452 e. The zero-order valence-electron chi connectivity index (χ0n) is 14.0. The second kappa shape index (κ2) is 7.79. The Morgan fingerprint density at radius 2 is 1.88 bits per heavy atom. The maximum Gasteiger partial charge on any atom is 0.338 e. The van der Waals surface area contributed by atoms with E-state index < -0.39 is 15.8 Å². The number of hydrogen-bond donors (Lipinski definition) is 0. The van der Waals surface area contributed by atoms with Gasteiger partial charge < -0.3 is 9.64 Å².